The Morgan fingerprint density at radius 1 is 1.26 bits per heavy atom. The Morgan fingerprint density at radius 3 is 2.70 bits per heavy atom. The van der Waals surface area contributed by atoms with Crippen molar-refractivity contribution in [2.45, 2.75) is 32.7 Å². The molecule has 1 aromatic heterocycles. The molecule has 2 rings (SSSR count). The number of nitrogens with zero attached hydrogens (tertiary/aromatic N) is 5. The maximum Gasteiger partial charge on any atom is 0.192 e. The number of hydrogen-bond acceptors (Lipinski definition) is 4. The fraction of sp³-hybridized carbons (Fsp3) is 0.688. The highest BCUT2D eigenvalue weighted by molar-refractivity contribution is 5.79. The van der Waals surface area contributed by atoms with E-state index < -0.39 is 0 Å². The Balaban J connectivity index is 1.83. The molecule has 0 saturated carbocycles. The number of hydrogen-bond donors (Lipinski definition) is 2. The predicted octanol–water partition coefficient (Wildman–Crippen LogP) is 0.831. The molecule has 2 heterocycles. The van der Waals surface area contributed by atoms with Crippen molar-refractivity contribution in [3.8, 4) is 0 Å². The molecule has 0 radical (unpaired) electrons. The maximum atomic E-state index is 4.59. The number of nitrogens with one attached hydrogen (secondary N) is 2. The van der Waals surface area contributed by atoms with Crippen molar-refractivity contribution in [2.24, 2.45) is 12.0 Å². The van der Waals surface area contributed by atoms with Gasteiger partial charge in [-0.3, -0.25) is 0 Å². The van der Waals surface area contributed by atoms with Crippen LogP contribution in [0.2, 0.25) is 0 Å². The third-order valence-corrected chi connectivity index (χ3v) is 4.14. The molecule has 7 heteroatoms. The van der Waals surface area contributed by atoms with Gasteiger partial charge in [-0.2, -0.15) is 0 Å². The lowest BCUT2D eigenvalue weighted by atomic mass is 10.1. The topological polar surface area (TPSA) is 70.4 Å². The number of aromatic nitrogens is 3. The van der Waals surface area contributed by atoms with E-state index in [-0.39, 0.29) is 0 Å². The molecule has 0 aliphatic carbocycles. The van der Waals surface area contributed by atoms with Crippen LogP contribution in [0.4, 0.5) is 0 Å². The molecule has 1 fully saturated rings. The lowest BCUT2D eigenvalue weighted by Gasteiger charge is -2.26. The van der Waals surface area contributed by atoms with E-state index in [0.29, 0.717) is 13.1 Å². The van der Waals surface area contributed by atoms with E-state index in [2.05, 4.69) is 37.3 Å². The van der Waals surface area contributed by atoms with Gasteiger partial charge in [-0.05, 0) is 32.9 Å². The standard InChI is InChI=1S/C16H29N7/c1-4-8-17-16(18-9-12-23-10-6-5-7-11-23)19-13-15-21-20-14(2)22(15)3/h4H,1,5-13H2,2-3H3,(H2,17,18,19). The van der Waals surface area contributed by atoms with Crippen molar-refractivity contribution in [3.63, 3.8) is 0 Å². The molecule has 2 N–H and O–H groups in total. The fourth-order valence-corrected chi connectivity index (χ4v) is 2.60. The number of aryl methyl sites for hydroxylation is 1. The quantitative estimate of drug-likeness (QED) is 0.442. The van der Waals surface area contributed by atoms with Crippen molar-refractivity contribution in [3.05, 3.63) is 24.3 Å². The molecule has 0 atom stereocenters. The summed E-state index contributed by atoms with van der Waals surface area (Å²) < 4.78 is 1.96. The third-order valence-electron chi connectivity index (χ3n) is 4.14. The molecule has 7 nitrogen and oxygen atoms in total. The SMILES string of the molecule is C=CCNC(=NCc1nnc(C)n1C)NCCN1CCCCC1. The van der Waals surface area contributed by atoms with Gasteiger partial charge in [-0.15, -0.1) is 16.8 Å². The van der Waals surface area contributed by atoms with Gasteiger partial charge in [-0.1, -0.05) is 12.5 Å². The van der Waals surface area contributed by atoms with Gasteiger partial charge in [0.1, 0.15) is 12.4 Å². The summed E-state index contributed by atoms with van der Waals surface area (Å²) in [6.07, 6.45) is 5.84. The molecule has 0 aromatic carbocycles. The number of rotatable bonds is 7. The minimum atomic E-state index is 0.507. The van der Waals surface area contributed by atoms with E-state index in [1.54, 1.807) is 0 Å². The Morgan fingerprint density at radius 2 is 2.04 bits per heavy atom. The van der Waals surface area contributed by atoms with Gasteiger partial charge in [0.05, 0.1) is 0 Å². The molecule has 0 amide bonds. The van der Waals surface area contributed by atoms with E-state index in [1.165, 1.54) is 32.4 Å². The van der Waals surface area contributed by atoms with Crippen molar-refractivity contribution < 1.29 is 0 Å². The van der Waals surface area contributed by atoms with Crippen LogP contribution >= 0.6 is 0 Å². The normalized spacial score (nSPS) is 16.3. The van der Waals surface area contributed by atoms with E-state index in [1.807, 2.05) is 24.6 Å². The first-order valence-electron chi connectivity index (χ1n) is 8.41. The first-order valence-corrected chi connectivity index (χ1v) is 8.41. The minimum absolute atomic E-state index is 0.507. The van der Waals surface area contributed by atoms with Crippen LogP contribution in [0.25, 0.3) is 0 Å². The Bertz CT molecular complexity index is 514. The molecule has 0 bridgehead atoms. The van der Waals surface area contributed by atoms with Crippen molar-refractivity contribution in [2.75, 3.05) is 32.7 Å². The second kappa shape index (κ2) is 9.29. The summed E-state index contributed by atoms with van der Waals surface area (Å²) in [4.78, 5) is 7.10. The van der Waals surface area contributed by atoms with Crippen molar-refractivity contribution >= 4 is 5.96 Å². The lowest BCUT2D eigenvalue weighted by Crippen LogP contribution is -2.42. The average Bonchev–Trinajstić information content (AvgIpc) is 2.89. The van der Waals surface area contributed by atoms with Crippen molar-refractivity contribution in [1.82, 2.24) is 30.3 Å². The summed E-state index contributed by atoms with van der Waals surface area (Å²) in [6.45, 7) is 11.2. The largest absolute Gasteiger partial charge is 0.355 e. The molecular formula is C16H29N7. The Kier molecular flexibility index (Phi) is 7.06. The zero-order valence-electron chi connectivity index (χ0n) is 14.4. The fourth-order valence-electron chi connectivity index (χ4n) is 2.60. The Labute approximate surface area is 138 Å². The smallest absolute Gasteiger partial charge is 0.192 e. The number of piperidine rings is 1. The minimum Gasteiger partial charge on any atom is -0.355 e. The molecule has 1 aliphatic heterocycles. The second-order valence-electron chi connectivity index (χ2n) is 5.89. The van der Waals surface area contributed by atoms with Crippen LogP contribution in [0.5, 0.6) is 0 Å². The summed E-state index contributed by atoms with van der Waals surface area (Å²) in [5, 5.41) is 14.8. The first-order chi connectivity index (χ1) is 11.2. The maximum absolute atomic E-state index is 4.59. The number of likely N-dealkylation sites (tertiary alicyclic amines) is 1. The van der Waals surface area contributed by atoms with Crippen LogP contribution in [0, 0.1) is 6.92 Å². The first kappa shape index (κ1) is 17.5. The van der Waals surface area contributed by atoms with Gasteiger partial charge >= 0.3 is 0 Å². The highest BCUT2D eigenvalue weighted by Crippen LogP contribution is 2.07. The molecule has 0 unspecified atom stereocenters. The van der Waals surface area contributed by atoms with Gasteiger partial charge in [0.15, 0.2) is 11.8 Å². The van der Waals surface area contributed by atoms with Gasteiger partial charge in [0.2, 0.25) is 0 Å². The molecule has 1 saturated heterocycles. The summed E-state index contributed by atoms with van der Waals surface area (Å²) in [5.74, 6) is 2.55. The van der Waals surface area contributed by atoms with E-state index in [9.17, 15) is 0 Å². The molecule has 23 heavy (non-hydrogen) atoms. The van der Waals surface area contributed by atoms with Crippen molar-refractivity contribution in [1.29, 1.82) is 0 Å². The summed E-state index contributed by atoms with van der Waals surface area (Å²) >= 11 is 0. The predicted molar refractivity (Wildman–Crippen MR) is 93.4 cm³/mol. The van der Waals surface area contributed by atoms with Crippen LogP contribution < -0.4 is 10.6 Å². The summed E-state index contributed by atoms with van der Waals surface area (Å²) in [7, 11) is 1.96. The third kappa shape index (κ3) is 5.67. The Hall–Kier alpha value is -1.89. The van der Waals surface area contributed by atoms with E-state index >= 15 is 0 Å². The van der Waals surface area contributed by atoms with Gasteiger partial charge < -0.3 is 20.1 Å². The zero-order valence-corrected chi connectivity index (χ0v) is 14.4. The second-order valence-corrected chi connectivity index (χ2v) is 5.89. The average molecular weight is 319 g/mol. The van der Waals surface area contributed by atoms with Crippen LogP contribution in [0.1, 0.15) is 30.9 Å². The molecule has 128 valence electrons. The van der Waals surface area contributed by atoms with Gasteiger partial charge in [0, 0.05) is 26.7 Å². The van der Waals surface area contributed by atoms with Crippen LogP contribution in [0.3, 0.4) is 0 Å². The summed E-state index contributed by atoms with van der Waals surface area (Å²) in [5.41, 5.74) is 0. The number of aliphatic imine (C=N–C) groups is 1. The van der Waals surface area contributed by atoms with Crippen LogP contribution in [0.15, 0.2) is 17.6 Å². The van der Waals surface area contributed by atoms with E-state index in [4.69, 9.17) is 0 Å². The van der Waals surface area contributed by atoms with E-state index in [0.717, 1.165) is 30.7 Å². The number of guanidine groups is 1. The lowest BCUT2D eigenvalue weighted by molar-refractivity contribution is 0.232. The molecule has 1 aromatic rings. The van der Waals surface area contributed by atoms with Crippen LogP contribution in [-0.4, -0.2) is 58.3 Å². The van der Waals surface area contributed by atoms with Gasteiger partial charge in [-0.25, -0.2) is 4.99 Å². The van der Waals surface area contributed by atoms with Crippen LogP contribution in [-0.2, 0) is 13.6 Å². The van der Waals surface area contributed by atoms with Gasteiger partial charge in [0.25, 0.3) is 0 Å². The molecule has 0 spiro atoms. The summed E-state index contributed by atoms with van der Waals surface area (Å²) in [6, 6.07) is 0. The highest BCUT2D eigenvalue weighted by atomic mass is 15.3. The molecular weight excluding hydrogens is 290 g/mol. The zero-order chi connectivity index (χ0) is 16.5. The monoisotopic (exact) mass is 319 g/mol. The molecule has 1 aliphatic rings. The highest BCUT2D eigenvalue weighted by Gasteiger charge is 2.09.